The molecular weight excluding hydrogens is 254 g/mol. The molecule has 0 unspecified atom stereocenters. The Morgan fingerprint density at radius 3 is 2.88 bits per heavy atom. The smallest absolute Gasteiger partial charge is 0.125 e. The topological polar surface area (TPSA) is 30.7 Å². The highest BCUT2D eigenvalue weighted by atomic mass is 35.5. The highest BCUT2D eigenvalue weighted by Crippen LogP contribution is 2.32. The van der Waals surface area contributed by atoms with E-state index in [-0.39, 0.29) is 0 Å². The molecule has 2 aromatic heterocycles. The van der Waals surface area contributed by atoms with E-state index < -0.39 is 0 Å². The van der Waals surface area contributed by atoms with Crippen LogP contribution in [0.4, 0.5) is 0 Å². The molecule has 3 aromatic rings. The molecule has 3 rings (SSSR count). The van der Waals surface area contributed by atoms with E-state index in [0.717, 1.165) is 31.6 Å². The van der Waals surface area contributed by atoms with Gasteiger partial charge in [-0.05, 0) is 25.1 Å². The fourth-order valence-electron chi connectivity index (χ4n) is 1.77. The van der Waals surface area contributed by atoms with Crippen LogP contribution in [0.25, 0.3) is 21.6 Å². The molecule has 5 heteroatoms. The number of aromatic nitrogens is 3. The highest BCUT2D eigenvalue weighted by molar-refractivity contribution is 7.19. The van der Waals surface area contributed by atoms with E-state index in [1.54, 1.807) is 0 Å². The van der Waals surface area contributed by atoms with E-state index in [1.165, 1.54) is 11.3 Å². The third kappa shape index (κ3) is 1.73. The summed E-state index contributed by atoms with van der Waals surface area (Å²) in [5, 5.41) is 0.944. The van der Waals surface area contributed by atoms with Gasteiger partial charge >= 0.3 is 0 Å². The molecule has 0 amide bonds. The SMILES string of the molecule is Cc1nc(-c2ccc3c(c2)ncn3C)sc1Cl. The first-order valence-electron chi connectivity index (χ1n) is 5.19. The van der Waals surface area contributed by atoms with Crippen molar-refractivity contribution in [1.82, 2.24) is 14.5 Å². The molecule has 0 aliphatic heterocycles. The molecule has 1 aromatic carbocycles. The van der Waals surface area contributed by atoms with Gasteiger partial charge in [0.2, 0.25) is 0 Å². The van der Waals surface area contributed by atoms with Gasteiger partial charge in [0, 0.05) is 12.6 Å². The minimum atomic E-state index is 0.751. The second-order valence-corrected chi connectivity index (χ2v) is 5.54. The van der Waals surface area contributed by atoms with E-state index in [0.29, 0.717) is 0 Å². The zero-order chi connectivity index (χ0) is 12.0. The second-order valence-electron chi connectivity index (χ2n) is 3.94. The number of hydrogen-bond acceptors (Lipinski definition) is 3. The number of nitrogens with zero attached hydrogens (tertiary/aromatic N) is 3. The summed E-state index contributed by atoms with van der Waals surface area (Å²) in [6, 6.07) is 6.16. The number of halogens is 1. The molecule has 86 valence electrons. The molecule has 0 atom stereocenters. The molecule has 17 heavy (non-hydrogen) atoms. The Labute approximate surface area is 108 Å². The maximum absolute atomic E-state index is 6.04. The number of benzene rings is 1. The molecule has 0 radical (unpaired) electrons. The van der Waals surface area contributed by atoms with Crippen molar-refractivity contribution in [2.75, 3.05) is 0 Å². The zero-order valence-corrected chi connectivity index (χ0v) is 11.0. The summed E-state index contributed by atoms with van der Waals surface area (Å²) >= 11 is 7.54. The Morgan fingerprint density at radius 2 is 2.18 bits per heavy atom. The van der Waals surface area contributed by atoms with Gasteiger partial charge in [-0.2, -0.15) is 0 Å². The van der Waals surface area contributed by atoms with E-state index >= 15 is 0 Å². The molecule has 0 fully saturated rings. The van der Waals surface area contributed by atoms with Gasteiger partial charge in [0.1, 0.15) is 9.34 Å². The fraction of sp³-hybridized carbons (Fsp3) is 0.167. The number of aryl methyl sites for hydroxylation is 2. The van der Waals surface area contributed by atoms with Gasteiger partial charge in [-0.3, -0.25) is 0 Å². The Hall–Kier alpha value is -1.39. The van der Waals surface area contributed by atoms with Crippen molar-refractivity contribution in [2.24, 2.45) is 7.05 Å². The average Bonchev–Trinajstić information content (AvgIpc) is 2.84. The maximum Gasteiger partial charge on any atom is 0.125 e. The van der Waals surface area contributed by atoms with Gasteiger partial charge in [0.05, 0.1) is 23.1 Å². The second kappa shape index (κ2) is 3.82. The summed E-state index contributed by atoms with van der Waals surface area (Å²) in [5.41, 5.74) is 4.05. The van der Waals surface area contributed by atoms with E-state index in [4.69, 9.17) is 11.6 Å². The molecular formula is C12H10ClN3S. The van der Waals surface area contributed by atoms with Crippen LogP contribution in [0.5, 0.6) is 0 Å². The van der Waals surface area contributed by atoms with Crippen molar-refractivity contribution in [2.45, 2.75) is 6.92 Å². The molecule has 0 saturated carbocycles. The standard InChI is InChI=1S/C12H10ClN3S/c1-7-11(13)17-12(15-7)8-3-4-10-9(5-8)14-6-16(10)2/h3-6H,1-2H3. The lowest BCUT2D eigenvalue weighted by atomic mass is 10.2. The van der Waals surface area contributed by atoms with Crippen LogP contribution in [-0.4, -0.2) is 14.5 Å². The highest BCUT2D eigenvalue weighted by Gasteiger charge is 2.09. The molecule has 0 N–H and O–H groups in total. The zero-order valence-electron chi connectivity index (χ0n) is 9.44. The van der Waals surface area contributed by atoms with Crippen LogP contribution >= 0.6 is 22.9 Å². The van der Waals surface area contributed by atoms with Crippen molar-refractivity contribution in [3.63, 3.8) is 0 Å². The van der Waals surface area contributed by atoms with Crippen molar-refractivity contribution in [3.8, 4) is 10.6 Å². The van der Waals surface area contributed by atoms with E-state index in [1.807, 2.05) is 30.9 Å². The van der Waals surface area contributed by atoms with Crippen LogP contribution in [0.3, 0.4) is 0 Å². The van der Waals surface area contributed by atoms with Crippen LogP contribution in [0.2, 0.25) is 4.34 Å². The first-order valence-corrected chi connectivity index (χ1v) is 6.39. The van der Waals surface area contributed by atoms with Crippen molar-refractivity contribution >= 4 is 34.0 Å². The Bertz CT molecular complexity index is 679. The van der Waals surface area contributed by atoms with Gasteiger partial charge in [-0.15, -0.1) is 11.3 Å². The maximum atomic E-state index is 6.04. The Kier molecular flexibility index (Phi) is 2.42. The van der Waals surface area contributed by atoms with E-state index in [9.17, 15) is 0 Å². The summed E-state index contributed by atoms with van der Waals surface area (Å²) in [7, 11) is 1.99. The van der Waals surface area contributed by atoms with Gasteiger partial charge in [0.25, 0.3) is 0 Å². The minimum Gasteiger partial charge on any atom is -0.334 e. The van der Waals surface area contributed by atoms with Crippen LogP contribution < -0.4 is 0 Å². The van der Waals surface area contributed by atoms with Crippen LogP contribution in [0.1, 0.15) is 5.69 Å². The number of imidazole rings is 1. The minimum absolute atomic E-state index is 0.751. The normalized spacial score (nSPS) is 11.2. The van der Waals surface area contributed by atoms with Gasteiger partial charge in [-0.25, -0.2) is 9.97 Å². The summed E-state index contributed by atoms with van der Waals surface area (Å²) in [5.74, 6) is 0. The van der Waals surface area contributed by atoms with Crippen molar-refractivity contribution in [1.29, 1.82) is 0 Å². The molecule has 0 aliphatic rings. The number of hydrogen-bond donors (Lipinski definition) is 0. The lowest BCUT2D eigenvalue weighted by molar-refractivity contribution is 0.948. The average molecular weight is 264 g/mol. The third-order valence-electron chi connectivity index (χ3n) is 2.71. The predicted molar refractivity (Wildman–Crippen MR) is 71.6 cm³/mol. The molecule has 2 heterocycles. The lowest BCUT2D eigenvalue weighted by Crippen LogP contribution is -1.83. The number of rotatable bonds is 1. The van der Waals surface area contributed by atoms with Crippen LogP contribution in [0, 0.1) is 6.92 Å². The summed E-state index contributed by atoms with van der Waals surface area (Å²) in [6.45, 7) is 1.92. The largest absolute Gasteiger partial charge is 0.334 e. The first kappa shape index (κ1) is 10.7. The van der Waals surface area contributed by atoms with Crippen molar-refractivity contribution < 1.29 is 0 Å². The number of fused-ring (bicyclic) bond motifs is 1. The summed E-state index contributed by atoms with van der Waals surface area (Å²) < 4.78 is 2.75. The summed E-state index contributed by atoms with van der Waals surface area (Å²) in [6.07, 6.45) is 1.81. The van der Waals surface area contributed by atoms with E-state index in [2.05, 4.69) is 22.1 Å². The molecule has 0 aliphatic carbocycles. The lowest BCUT2D eigenvalue weighted by Gasteiger charge is -1.97. The van der Waals surface area contributed by atoms with Crippen LogP contribution in [0.15, 0.2) is 24.5 Å². The van der Waals surface area contributed by atoms with Crippen LogP contribution in [-0.2, 0) is 7.05 Å². The number of thiazole rings is 1. The predicted octanol–water partition coefficient (Wildman–Crippen LogP) is 3.66. The Morgan fingerprint density at radius 1 is 1.35 bits per heavy atom. The quantitative estimate of drug-likeness (QED) is 0.671. The molecule has 0 spiro atoms. The Balaban J connectivity index is 2.17. The van der Waals surface area contributed by atoms with Gasteiger partial charge < -0.3 is 4.57 Å². The molecule has 0 saturated heterocycles. The molecule has 3 nitrogen and oxygen atoms in total. The molecule has 0 bridgehead atoms. The monoisotopic (exact) mass is 263 g/mol. The summed E-state index contributed by atoms with van der Waals surface area (Å²) in [4.78, 5) is 8.79. The van der Waals surface area contributed by atoms with Gasteiger partial charge in [-0.1, -0.05) is 11.6 Å². The first-order chi connectivity index (χ1) is 8.15. The fourth-order valence-corrected chi connectivity index (χ4v) is 2.82. The third-order valence-corrected chi connectivity index (χ3v) is 4.21. The van der Waals surface area contributed by atoms with Crippen molar-refractivity contribution in [3.05, 3.63) is 34.6 Å². The van der Waals surface area contributed by atoms with Gasteiger partial charge in [0.15, 0.2) is 0 Å².